The number of nitrogens with one attached hydrogen (secondary N) is 1. The summed E-state index contributed by atoms with van der Waals surface area (Å²) in [6.07, 6.45) is 13.7. The fraction of sp³-hybridized carbons (Fsp3) is 0.355. The Morgan fingerprint density at radius 2 is 1.93 bits per heavy atom. The quantitative estimate of drug-likeness (QED) is 0.334. The van der Waals surface area contributed by atoms with E-state index in [0.717, 1.165) is 58.7 Å². The minimum Gasteiger partial charge on any atom is -0.330 e. The minimum absolute atomic E-state index is 0.00988. The van der Waals surface area contributed by atoms with Crippen LogP contribution in [0.25, 0.3) is 22.5 Å². The van der Waals surface area contributed by atoms with Crippen LogP contribution >= 0.6 is 11.6 Å². The topological polar surface area (TPSA) is 111 Å². The molecular weight excluding hydrogens is 552 g/mol. The van der Waals surface area contributed by atoms with Gasteiger partial charge in [0.1, 0.15) is 0 Å². The van der Waals surface area contributed by atoms with E-state index in [0.29, 0.717) is 36.9 Å². The molecule has 11 heteroatoms. The number of aromatic nitrogens is 6. The molecule has 1 fully saturated rings. The first-order chi connectivity index (χ1) is 20.5. The van der Waals surface area contributed by atoms with E-state index in [9.17, 15) is 9.59 Å². The average molecular weight is 583 g/mol. The number of nitrogens with zero attached hydrogens (tertiary/aromatic N) is 7. The number of benzene rings is 1. The molecule has 2 aliphatic heterocycles. The molecule has 1 saturated carbocycles. The standard InChI is InChI=1S/C31H31ClN8O2/c1-19-3-2-4-28(25-15-21(9-11-33-25)30-26(36-31(19)42)18-35-40(30)23-6-7-23)38-13-10-20(16-29(38)41)24-17-22(32)5-8-27(24)39-14-12-34-37-39/h5,8-9,11-12,14-19,23,28H,2-4,6-7,10,13H2,1H3,(H,36,42)/t19-,28?/m1/s1. The van der Waals surface area contributed by atoms with Crippen LogP contribution < -0.4 is 5.32 Å². The molecule has 0 spiro atoms. The zero-order valence-electron chi connectivity index (χ0n) is 23.3. The number of carbonyl (C=O) groups is 2. The number of hydrogen-bond donors (Lipinski definition) is 1. The summed E-state index contributed by atoms with van der Waals surface area (Å²) in [4.78, 5) is 33.6. The summed E-state index contributed by atoms with van der Waals surface area (Å²) < 4.78 is 3.71. The van der Waals surface area contributed by atoms with Gasteiger partial charge < -0.3 is 10.2 Å². The van der Waals surface area contributed by atoms with E-state index in [1.807, 2.05) is 40.8 Å². The van der Waals surface area contributed by atoms with Crippen molar-refractivity contribution in [2.24, 2.45) is 5.92 Å². The highest BCUT2D eigenvalue weighted by Gasteiger charge is 2.33. The lowest BCUT2D eigenvalue weighted by Gasteiger charge is -2.34. The Balaban J connectivity index is 1.25. The third kappa shape index (κ3) is 5.00. The van der Waals surface area contributed by atoms with Gasteiger partial charge in [-0.3, -0.25) is 19.3 Å². The summed E-state index contributed by atoms with van der Waals surface area (Å²) in [7, 11) is 0. The second kappa shape index (κ2) is 10.8. The van der Waals surface area contributed by atoms with Gasteiger partial charge in [0.2, 0.25) is 11.8 Å². The Hall–Kier alpha value is -4.31. The zero-order valence-corrected chi connectivity index (χ0v) is 24.0. The fourth-order valence-electron chi connectivity index (χ4n) is 6.06. The lowest BCUT2D eigenvalue weighted by Crippen LogP contribution is -2.38. The molecule has 1 unspecified atom stereocenters. The Bertz CT molecular complexity index is 1690. The SMILES string of the molecule is C[C@@H]1CCCC(N2CCC(c3cc(Cl)ccc3-n3ccnn3)=CC2=O)c2cc(ccn2)-c2c(cnn2C2CC2)NC1=O. The van der Waals surface area contributed by atoms with Gasteiger partial charge in [-0.05, 0) is 68.0 Å². The molecule has 10 nitrogen and oxygen atoms in total. The molecule has 4 aromatic rings. The van der Waals surface area contributed by atoms with Gasteiger partial charge in [0.05, 0.1) is 53.4 Å². The molecule has 3 aromatic heterocycles. The Kier molecular flexibility index (Phi) is 6.85. The van der Waals surface area contributed by atoms with Crippen LogP contribution in [0.2, 0.25) is 5.02 Å². The second-order valence-corrected chi connectivity index (χ2v) is 11.8. The van der Waals surface area contributed by atoms with Crippen molar-refractivity contribution in [1.29, 1.82) is 0 Å². The van der Waals surface area contributed by atoms with Gasteiger partial charge in [0, 0.05) is 40.9 Å². The summed E-state index contributed by atoms with van der Waals surface area (Å²) in [5.74, 6) is -0.251. The summed E-state index contributed by atoms with van der Waals surface area (Å²) in [5.41, 5.74) is 5.99. The maximum atomic E-state index is 13.8. The third-order valence-corrected chi connectivity index (χ3v) is 8.69. The van der Waals surface area contributed by atoms with E-state index in [1.165, 1.54) is 0 Å². The van der Waals surface area contributed by atoms with Crippen LogP contribution in [0.3, 0.4) is 0 Å². The Morgan fingerprint density at radius 1 is 1.05 bits per heavy atom. The largest absolute Gasteiger partial charge is 0.330 e. The normalized spacial score (nSPS) is 21.2. The number of anilines is 1. The maximum absolute atomic E-state index is 13.8. The van der Waals surface area contributed by atoms with E-state index in [2.05, 4.69) is 26.8 Å². The predicted octanol–water partition coefficient (Wildman–Crippen LogP) is 5.63. The molecule has 2 amide bonds. The molecule has 5 heterocycles. The average Bonchev–Trinajstić information content (AvgIpc) is 3.52. The first kappa shape index (κ1) is 26.6. The highest BCUT2D eigenvalue weighted by molar-refractivity contribution is 6.30. The molecule has 2 atom stereocenters. The smallest absolute Gasteiger partial charge is 0.247 e. The molecule has 1 aliphatic carbocycles. The highest BCUT2D eigenvalue weighted by Crippen LogP contribution is 2.42. The molecule has 3 aliphatic rings. The van der Waals surface area contributed by atoms with Gasteiger partial charge in [-0.2, -0.15) is 5.10 Å². The summed E-state index contributed by atoms with van der Waals surface area (Å²) in [6.45, 7) is 2.49. The molecule has 2 bridgehead atoms. The molecule has 0 saturated heterocycles. The van der Waals surface area contributed by atoms with Crippen molar-refractivity contribution in [3.63, 3.8) is 0 Å². The number of halogens is 1. The van der Waals surface area contributed by atoms with Gasteiger partial charge in [-0.1, -0.05) is 30.2 Å². The minimum atomic E-state index is -0.222. The van der Waals surface area contributed by atoms with Crippen molar-refractivity contribution in [2.75, 3.05) is 11.9 Å². The second-order valence-electron chi connectivity index (χ2n) is 11.3. The van der Waals surface area contributed by atoms with Crippen molar-refractivity contribution >= 4 is 34.7 Å². The van der Waals surface area contributed by atoms with Crippen LogP contribution in [-0.2, 0) is 9.59 Å². The van der Waals surface area contributed by atoms with Crippen LogP contribution in [0, 0.1) is 5.92 Å². The number of hydrogen-bond acceptors (Lipinski definition) is 6. The van der Waals surface area contributed by atoms with E-state index in [-0.39, 0.29) is 23.8 Å². The number of rotatable bonds is 4. The van der Waals surface area contributed by atoms with Gasteiger partial charge in [0.25, 0.3) is 0 Å². The molecule has 0 radical (unpaired) electrons. The van der Waals surface area contributed by atoms with Gasteiger partial charge >= 0.3 is 0 Å². The van der Waals surface area contributed by atoms with E-state index in [4.69, 9.17) is 16.6 Å². The number of carbonyl (C=O) groups excluding carboxylic acids is 2. The summed E-state index contributed by atoms with van der Waals surface area (Å²) in [6, 6.07) is 9.72. The first-order valence-corrected chi connectivity index (χ1v) is 14.9. The Morgan fingerprint density at radius 3 is 2.71 bits per heavy atom. The van der Waals surface area contributed by atoms with Crippen LogP contribution in [0.15, 0.2) is 61.2 Å². The van der Waals surface area contributed by atoms with E-state index < -0.39 is 0 Å². The van der Waals surface area contributed by atoms with Crippen LogP contribution in [0.5, 0.6) is 0 Å². The maximum Gasteiger partial charge on any atom is 0.247 e. The first-order valence-electron chi connectivity index (χ1n) is 14.5. The van der Waals surface area contributed by atoms with E-state index in [1.54, 1.807) is 35.5 Å². The summed E-state index contributed by atoms with van der Waals surface area (Å²) >= 11 is 6.38. The fourth-order valence-corrected chi connectivity index (χ4v) is 6.23. The number of amides is 2. The lowest BCUT2D eigenvalue weighted by molar-refractivity contribution is -0.129. The van der Waals surface area contributed by atoms with Crippen LogP contribution in [0.4, 0.5) is 5.69 Å². The Labute approximate surface area is 248 Å². The number of fused-ring (bicyclic) bond motifs is 4. The zero-order chi connectivity index (χ0) is 28.8. The lowest BCUT2D eigenvalue weighted by atomic mass is 9.93. The molecule has 1 aromatic carbocycles. The highest BCUT2D eigenvalue weighted by atomic mass is 35.5. The van der Waals surface area contributed by atoms with Crippen molar-refractivity contribution in [3.05, 3.63) is 77.5 Å². The van der Waals surface area contributed by atoms with Gasteiger partial charge in [0.15, 0.2) is 0 Å². The van der Waals surface area contributed by atoms with Gasteiger partial charge in [-0.25, -0.2) is 4.68 Å². The monoisotopic (exact) mass is 582 g/mol. The third-order valence-electron chi connectivity index (χ3n) is 8.46. The predicted molar refractivity (Wildman–Crippen MR) is 159 cm³/mol. The van der Waals surface area contributed by atoms with Crippen molar-refractivity contribution < 1.29 is 9.59 Å². The van der Waals surface area contributed by atoms with Crippen LogP contribution in [-0.4, -0.2) is 53.0 Å². The molecule has 1 N–H and O–H groups in total. The van der Waals surface area contributed by atoms with Gasteiger partial charge in [-0.15, -0.1) is 5.10 Å². The molecular formula is C31H31ClN8O2. The van der Waals surface area contributed by atoms with Crippen LogP contribution in [0.1, 0.15) is 68.8 Å². The number of pyridine rings is 1. The van der Waals surface area contributed by atoms with E-state index >= 15 is 0 Å². The van der Waals surface area contributed by atoms with Crippen molar-refractivity contribution in [2.45, 2.75) is 57.5 Å². The molecule has 214 valence electrons. The van der Waals surface area contributed by atoms with Crippen molar-refractivity contribution in [1.82, 2.24) is 34.7 Å². The summed E-state index contributed by atoms with van der Waals surface area (Å²) in [5, 5.41) is 16.4. The molecule has 7 rings (SSSR count). The van der Waals surface area contributed by atoms with Crippen molar-refractivity contribution in [3.8, 4) is 16.9 Å². The molecule has 42 heavy (non-hydrogen) atoms.